The first kappa shape index (κ1) is 22.0. The molecule has 3 rings (SSSR count). The fourth-order valence-corrected chi connectivity index (χ4v) is 2.87. The van der Waals surface area contributed by atoms with Gasteiger partial charge in [0, 0.05) is 4.47 Å². The zero-order valence-corrected chi connectivity index (χ0v) is 17.9. The van der Waals surface area contributed by atoms with Gasteiger partial charge in [-0.05, 0) is 64.5 Å². The van der Waals surface area contributed by atoms with Crippen molar-refractivity contribution in [1.82, 2.24) is 5.32 Å². The van der Waals surface area contributed by atoms with Crippen LogP contribution in [0.2, 0.25) is 0 Å². The summed E-state index contributed by atoms with van der Waals surface area (Å²) in [5, 5.41) is 5.06. The second-order valence-corrected chi connectivity index (χ2v) is 7.17. The van der Waals surface area contributed by atoms with Crippen LogP contribution in [0.1, 0.15) is 10.4 Å². The maximum Gasteiger partial charge on any atom is 0.338 e. The van der Waals surface area contributed by atoms with Crippen LogP contribution in [0.3, 0.4) is 0 Å². The first-order valence-electron chi connectivity index (χ1n) is 9.32. The number of hydrogen-bond acceptors (Lipinski definition) is 5. The Morgan fingerprint density at radius 3 is 2.13 bits per heavy atom. The highest BCUT2D eigenvalue weighted by molar-refractivity contribution is 9.10. The fourth-order valence-electron chi connectivity index (χ4n) is 2.48. The summed E-state index contributed by atoms with van der Waals surface area (Å²) in [7, 11) is 0. The van der Waals surface area contributed by atoms with Gasteiger partial charge in [0.05, 0.1) is 17.8 Å². The van der Waals surface area contributed by atoms with Crippen molar-refractivity contribution >= 4 is 39.4 Å². The van der Waals surface area contributed by atoms with E-state index in [1.165, 1.54) is 0 Å². The van der Waals surface area contributed by atoms with Crippen LogP contribution < -0.4 is 15.4 Å². The number of benzene rings is 3. The molecule has 0 heterocycles. The third kappa shape index (κ3) is 6.97. The van der Waals surface area contributed by atoms with Gasteiger partial charge < -0.3 is 20.1 Å². The number of nitrogens with one attached hydrogen (secondary N) is 2. The van der Waals surface area contributed by atoms with Crippen molar-refractivity contribution in [1.29, 1.82) is 0 Å². The quantitative estimate of drug-likeness (QED) is 0.470. The Balaban J connectivity index is 1.41. The molecule has 0 bridgehead atoms. The normalized spacial score (nSPS) is 10.1. The lowest BCUT2D eigenvalue weighted by atomic mass is 10.2. The predicted octanol–water partition coefficient (Wildman–Crippen LogP) is 4.15. The number of carbonyl (C=O) groups excluding carboxylic acids is 3. The van der Waals surface area contributed by atoms with Gasteiger partial charge in [-0.1, -0.05) is 30.3 Å². The molecule has 0 aromatic heterocycles. The number of anilines is 1. The molecule has 7 nitrogen and oxygen atoms in total. The molecule has 158 valence electrons. The van der Waals surface area contributed by atoms with Gasteiger partial charge in [0.1, 0.15) is 11.5 Å². The topological polar surface area (TPSA) is 93.7 Å². The molecule has 0 saturated heterocycles. The molecule has 0 atom stereocenters. The van der Waals surface area contributed by atoms with Crippen molar-refractivity contribution in [3.8, 4) is 11.5 Å². The summed E-state index contributed by atoms with van der Waals surface area (Å²) in [6, 6.07) is 22.7. The minimum absolute atomic E-state index is 0.247. The van der Waals surface area contributed by atoms with Gasteiger partial charge in [-0.2, -0.15) is 0 Å². The SMILES string of the molecule is O=C(COC(=O)c1ccc(Oc2ccccc2)cc1)NCC(=O)Nc1ccccc1Br. The van der Waals surface area contributed by atoms with Crippen molar-refractivity contribution in [2.45, 2.75) is 0 Å². The molecule has 0 saturated carbocycles. The maximum atomic E-state index is 12.1. The molecule has 2 amide bonds. The second kappa shape index (κ2) is 10.9. The number of rotatable bonds is 8. The predicted molar refractivity (Wildman–Crippen MR) is 119 cm³/mol. The molecule has 2 N–H and O–H groups in total. The highest BCUT2D eigenvalue weighted by Crippen LogP contribution is 2.22. The molecular formula is C23H19BrN2O5. The molecule has 0 aliphatic carbocycles. The Kier molecular flexibility index (Phi) is 7.78. The Bertz CT molecular complexity index is 1060. The van der Waals surface area contributed by atoms with Gasteiger partial charge in [-0.25, -0.2) is 4.79 Å². The zero-order chi connectivity index (χ0) is 22.1. The van der Waals surface area contributed by atoms with Crippen molar-refractivity contribution < 1.29 is 23.9 Å². The molecule has 0 aliphatic heterocycles. The van der Waals surface area contributed by atoms with Crippen LogP contribution in [0.15, 0.2) is 83.3 Å². The van der Waals surface area contributed by atoms with E-state index in [-0.39, 0.29) is 12.1 Å². The lowest BCUT2D eigenvalue weighted by Crippen LogP contribution is -2.35. The Labute approximate surface area is 187 Å². The average Bonchev–Trinajstić information content (AvgIpc) is 2.79. The van der Waals surface area contributed by atoms with E-state index in [0.717, 1.165) is 4.47 Å². The average molecular weight is 483 g/mol. The van der Waals surface area contributed by atoms with Crippen LogP contribution in [-0.4, -0.2) is 30.9 Å². The molecular weight excluding hydrogens is 464 g/mol. The van der Waals surface area contributed by atoms with E-state index in [2.05, 4.69) is 26.6 Å². The second-order valence-electron chi connectivity index (χ2n) is 6.32. The molecule has 0 aliphatic rings. The summed E-state index contributed by atoms with van der Waals surface area (Å²) in [6.07, 6.45) is 0. The number of carbonyl (C=O) groups is 3. The van der Waals surface area contributed by atoms with E-state index >= 15 is 0 Å². The minimum Gasteiger partial charge on any atom is -0.457 e. The van der Waals surface area contributed by atoms with Gasteiger partial charge in [-0.3, -0.25) is 9.59 Å². The van der Waals surface area contributed by atoms with Crippen molar-refractivity contribution in [3.05, 3.63) is 88.9 Å². The Morgan fingerprint density at radius 1 is 0.774 bits per heavy atom. The number of hydrogen-bond donors (Lipinski definition) is 2. The minimum atomic E-state index is -0.654. The van der Waals surface area contributed by atoms with E-state index in [1.807, 2.05) is 36.4 Å². The van der Waals surface area contributed by atoms with Crippen molar-refractivity contribution in [2.75, 3.05) is 18.5 Å². The maximum absolute atomic E-state index is 12.1. The highest BCUT2D eigenvalue weighted by atomic mass is 79.9. The number of halogens is 1. The molecule has 3 aromatic carbocycles. The molecule has 0 spiro atoms. The van der Waals surface area contributed by atoms with E-state index in [0.29, 0.717) is 17.2 Å². The first-order chi connectivity index (χ1) is 15.0. The number of ether oxygens (including phenoxy) is 2. The van der Waals surface area contributed by atoms with Crippen LogP contribution in [0.4, 0.5) is 5.69 Å². The van der Waals surface area contributed by atoms with Crippen LogP contribution >= 0.6 is 15.9 Å². The third-order valence-electron chi connectivity index (χ3n) is 4.00. The zero-order valence-electron chi connectivity index (χ0n) is 16.3. The smallest absolute Gasteiger partial charge is 0.338 e. The summed E-state index contributed by atoms with van der Waals surface area (Å²) in [6.45, 7) is -0.743. The summed E-state index contributed by atoms with van der Waals surface area (Å²) in [5.74, 6) is -0.394. The first-order valence-corrected chi connectivity index (χ1v) is 10.1. The van der Waals surface area contributed by atoms with Gasteiger partial charge in [0.15, 0.2) is 6.61 Å². The molecule has 0 radical (unpaired) electrons. The van der Waals surface area contributed by atoms with Crippen molar-refractivity contribution in [2.24, 2.45) is 0 Å². The third-order valence-corrected chi connectivity index (χ3v) is 4.69. The summed E-state index contributed by atoms with van der Waals surface area (Å²) in [4.78, 5) is 35.9. The summed E-state index contributed by atoms with van der Waals surface area (Å²) >= 11 is 3.32. The summed E-state index contributed by atoms with van der Waals surface area (Å²) < 4.78 is 11.4. The van der Waals surface area contributed by atoms with E-state index in [4.69, 9.17) is 9.47 Å². The molecule has 8 heteroatoms. The highest BCUT2D eigenvalue weighted by Gasteiger charge is 2.12. The van der Waals surface area contributed by atoms with E-state index < -0.39 is 24.4 Å². The van der Waals surface area contributed by atoms with E-state index in [1.54, 1.807) is 42.5 Å². The van der Waals surface area contributed by atoms with Gasteiger partial charge in [0.2, 0.25) is 5.91 Å². The molecule has 31 heavy (non-hydrogen) atoms. The lowest BCUT2D eigenvalue weighted by molar-refractivity contribution is -0.126. The van der Waals surface area contributed by atoms with Gasteiger partial charge in [-0.15, -0.1) is 0 Å². The van der Waals surface area contributed by atoms with Crippen molar-refractivity contribution in [3.63, 3.8) is 0 Å². The molecule has 0 fully saturated rings. The number of amides is 2. The Hall–Kier alpha value is -3.65. The number of para-hydroxylation sites is 2. The van der Waals surface area contributed by atoms with Gasteiger partial charge >= 0.3 is 5.97 Å². The van der Waals surface area contributed by atoms with Crippen LogP contribution in [0, 0.1) is 0 Å². The fraction of sp³-hybridized carbons (Fsp3) is 0.0870. The largest absolute Gasteiger partial charge is 0.457 e. The molecule has 3 aromatic rings. The van der Waals surface area contributed by atoms with Crippen LogP contribution in [0.25, 0.3) is 0 Å². The standard InChI is InChI=1S/C23H19BrN2O5/c24-19-8-4-5-9-20(19)26-21(27)14-25-22(28)15-30-23(29)16-10-12-18(13-11-16)31-17-6-2-1-3-7-17/h1-13H,14-15H2,(H,25,28)(H,26,27). The van der Waals surface area contributed by atoms with Crippen LogP contribution in [-0.2, 0) is 14.3 Å². The lowest BCUT2D eigenvalue weighted by Gasteiger charge is -2.09. The monoisotopic (exact) mass is 482 g/mol. The Morgan fingerprint density at radius 2 is 1.42 bits per heavy atom. The summed E-state index contributed by atoms with van der Waals surface area (Å²) in [5.41, 5.74) is 0.868. The van der Waals surface area contributed by atoms with E-state index in [9.17, 15) is 14.4 Å². The number of esters is 1. The molecule has 0 unspecified atom stereocenters. The van der Waals surface area contributed by atoms with Crippen LogP contribution in [0.5, 0.6) is 11.5 Å². The van der Waals surface area contributed by atoms with Gasteiger partial charge in [0.25, 0.3) is 5.91 Å².